The number of hydrogen-bond donors (Lipinski definition) is 2. The summed E-state index contributed by atoms with van der Waals surface area (Å²) in [6.07, 6.45) is 4.68. The first-order valence-corrected chi connectivity index (χ1v) is 5.99. The fourth-order valence-electron chi connectivity index (χ4n) is 2.02. The second-order valence-corrected chi connectivity index (χ2v) is 4.25. The molecule has 2 aromatic heterocycles. The SMILES string of the molecule is O=[N+]([O-])c1cnc2ccccc2c1NCc1cn[nH]c1. The molecule has 3 rings (SSSR count). The van der Waals surface area contributed by atoms with Crippen LogP contribution in [0.5, 0.6) is 0 Å². The van der Waals surface area contributed by atoms with E-state index in [-0.39, 0.29) is 5.69 Å². The molecule has 0 unspecified atom stereocenters. The number of aromatic nitrogens is 3. The Bertz CT molecular complexity index is 755. The molecule has 7 nitrogen and oxygen atoms in total. The van der Waals surface area contributed by atoms with Crippen molar-refractivity contribution >= 4 is 22.3 Å². The highest BCUT2D eigenvalue weighted by atomic mass is 16.6. The standard InChI is InChI=1S/C13H11N5O2/c19-18(20)12-8-14-11-4-2-1-3-10(11)13(12)15-5-9-6-16-17-7-9/h1-4,6-8H,5H2,(H,14,15)(H,16,17). The van der Waals surface area contributed by atoms with Crippen molar-refractivity contribution in [3.63, 3.8) is 0 Å². The normalized spacial score (nSPS) is 10.6. The van der Waals surface area contributed by atoms with Crippen LogP contribution < -0.4 is 5.32 Å². The Hall–Kier alpha value is -2.96. The lowest BCUT2D eigenvalue weighted by atomic mass is 10.1. The third kappa shape index (κ3) is 2.16. The second-order valence-electron chi connectivity index (χ2n) is 4.25. The molecule has 0 aliphatic carbocycles. The van der Waals surface area contributed by atoms with Crippen molar-refractivity contribution in [2.24, 2.45) is 0 Å². The van der Waals surface area contributed by atoms with Gasteiger partial charge in [0.2, 0.25) is 0 Å². The fourth-order valence-corrected chi connectivity index (χ4v) is 2.02. The number of pyridine rings is 1. The van der Waals surface area contributed by atoms with E-state index < -0.39 is 4.92 Å². The number of para-hydroxylation sites is 1. The Labute approximate surface area is 113 Å². The van der Waals surface area contributed by atoms with E-state index in [4.69, 9.17) is 0 Å². The number of hydrogen-bond acceptors (Lipinski definition) is 5. The van der Waals surface area contributed by atoms with Crippen LogP contribution in [0.25, 0.3) is 10.9 Å². The van der Waals surface area contributed by atoms with Gasteiger partial charge in [-0.2, -0.15) is 5.10 Å². The lowest BCUT2D eigenvalue weighted by Crippen LogP contribution is -2.03. The summed E-state index contributed by atoms with van der Waals surface area (Å²) in [5.74, 6) is 0. The van der Waals surface area contributed by atoms with Crippen molar-refractivity contribution in [1.82, 2.24) is 15.2 Å². The highest BCUT2D eigenvalue weighted by Crippen LogP contribution is 2.31. The lowest BCUT2D eigenvalue weighted by Gasteiger charge is -2.09. The minimum Gasteiger partial charge on any atom is -0.375 e. The van der Waals surface area contributed by atoms with Gasteiger partial charge in [0.05, 0.1) is 16.6 Å². The lowest BCUT2D eigenvalue weighted by molar-refractivity contribution is -0.384. The third-order valence-electron chi connectivity index (χ3n) is 2.98. The van der Waals surface area contributed by atoms with Crippen LogP contribution in [0.4, 0.5) is 11.4 Å². The van der Waals surface area contributed by atoms with Crippen LogP contribution in [0, 0.1) is 10.1 Å². The van der Waals surface area contributed by atoms with Gasteiger partial charge in [0.1, 0.15) is 11.9 Å². The zero-order valence-electron chi connectivity index (χ0n) is 10.4. The third-order valence-corrected chi connectivity index (χ3v) is 2.98. The number of anilines is 1. The predicted octanol–water partition coefficient (Wildman–Crippen LogP) is 2.48. The van der Waals surface area contributed by atoms with Crippen LogP contribution in [0.2, 0.25) is 0 Å². The van der Waals surface area contributed by atoms with Crippen LogP contribution >= 0.6 is 0 Å². The summed E-state index contributed by atoms with van der Waals surface area (Å²) >= 11 is 0. The van der Waals surface area contributed by atoms with Crippen molar-refractivity contribution in [1.29, 1.82) is 0 Å². The predicted molar refractivity (Wildman–Crippen MR) is 74.3 cm³/mol. The van der Waals surface area contributed by atoms with E-state index in [0.717, 1.165) is 10.9 Å². The van der Waals surface area contributed by atoms with Gasteiger partial charge in [0, 0.05) is 23.7 Å². The Kier molecular flexibility index (Phi) is 3.00. The summed E-state index contributed by atoms with van der Waals surface area (Å²) in [5, 5.41) is 21.5. The molecule has 0 spiro atoms. The first-order valence-electron chi connectivity index (χ1n) is 5.99. The van der Waals surface area contributed by atoms with E-state index in [9.17, 15) is 10.1 Å². The molecule has 1 aromatic carbocycles. The molecule has 0 atom stereocenters. The van der Waals surface area contributed by atoms with E-state index in [1.54, 1.807) is 12.4 Å². The summed E-state index contributed by atoms with van der Waals surface area (Å²) in [4.78, 5) is 14.8. The van der Waals surface area contributed by atoms with Crippen LogP contribution in [0.1, 0.15) is 5.56 Å². The van der Waals surface area contributed by atoms with Crippen LogP contribution in [-0.2, 0) is 6.54 Å². The van der Waals surface area contributed by atoms with E-state index in [0.29, 0.717) is 17.7 Å². The number of benzene rings is 1. The van der Waals surface area contributed by atoms with Gasteiger partial charge in [-0.05, 0) is 6.07 Å². The molecule has 2 N–H and O–H groups in total. The Morgan fingerprint density at radius 1 is 1.30 bits per heavy atom. The zero-order chi connectivity index (χ0) is 13.9. The molecule has 0 fully saturated rings. The average Bonchev–Trinajstić information content (AvgIpc) is 2.97. The molecule has 20 heavy (non-hydrogen) atoms. The van der Waals surface area contributed by atoms with Crippen molar-refractivity contribution < 1.29 is 4.92 Å². The van der Waals surface area contributed by atoms with Gasteiger partial charge < -0.3 is 5.32 Å². The Morgan fingerprint density at radius 2 is 2.15 bits per heavy atom. The average molecular weight is 269 g/mol. The summed E-state index contributed by atoms with van der Waals surface area (Å²) < 4.78 is 0. The maximum atomic E-state index is 11.1. The van der Waals surface area contributed by atoms with E-state index >= 15 is 0 Å². The maximum Gasteiger partial charge on any atom is 0.311 e. The monoisotopic (exact) mass is 269 g/mol. The first-order chi connectivity index (χ1) is 9.75. The van der Waals surface area contributed by atoms with Gasteiger partial charge in [-0.3, -0.25) is 15.2 Å². The molecule has 0 amide bonds. The minimum absolute atomic E-state index is 0.0350. The van der Waals surface area contributed by atoms with Gasteiger partial charge in [0.25, 0.3) is 0 Å². The van der Waals surface area contributed by atoms with Gasteiger partial charge >= 0.3 is 5.69 Å². The molecule has 0 saturated carbocycles. The molecule has 0 aliphatic rings. The summed E-state index contributed by atoms with van der Waals surface area (Å²) in [5.41, 5.74) is 2.07. The topological polar surface area (TPSA) is 96.7 Å². The maximum absolute atomic E-state index is 11.1. The van der Waals surface area contributed by atoms with Crippen LogP contribution in [0.3, 0.4) is 0 Å². The fraction of sp³-hybridized carbons (Fsp3) is 0.0769. The van der Waals surface area contributed by atoms with Gasteiger partial charge in [-0.25, -0.2) is 4.98 Å². The Morgan fingerprint density at radius 3 is 2.90 bits per heavy atom. The van der Waals surface area contributed by atoms with Crippen molar-refractivity contribution in [2.45, 2.75) is 6.54 Å². The molecular weight excluding hydrogens is 258 g/mol. The second kappa shape index (κ2) is 4.96. The van der Waals surface area contributed by atoms with Crippen LogP contribution in [-0.4, -0.2) is 20.1 Å². The number of nitrogens with one attached hydrogen (secondary N) is 2. The number of rotatable bonds is 4. The molecular formula is C13H11N5O2. The number of nitro groups is 1. The molecule has 7 heteroatoms. The first kappa shape index (κ1) is 12.1. The number of aromatic amines is 1. The van der Waals surface area contributed by atoms with Crippen LogP contribution in [0.15, 0.2) is 42.9 Å². The van der Waals surface area contributed by atoms with Gasteiger partial charge in [-0.1, -0.05) is 18.2 Å². The molecule has 3 aromatic rings. The molecule has 0 bridgehead atoms. The van der Waals surface area contributed by atoms with Crippen molar-refractivity contribution in [2.75, 3.05) is 5.32 Å². The molecule has 0 radical (unpaired) electrons. The summed E-state index contributed by atoms with van der Waals surface area (Å²) in [6.45, 7) is 0.450. The van der Waals surface area contributed by atoms with Gasteiger partial charge in [0.15, 0.2) is 0 Å². The number of fused-ring (bicyclic) bond motifs is 1. The van der Waals surface area contributed by atoms with E-state index in [1.165, 1.54) is 6.20 Å². The minimum atomic E-state index is -0.433. The van der Waals surface area contributed by atoms with E-state index in [1.807, 2.05) is 24.3 Å². The van der Waals surface area contributed by atoms with E-state index in [2.05, 4.69) is 20.5 Å². The Balaban J connectivity index is 2.05. The van der Waals surface area contributed by atoms with Crippen molar-refractivity contribution in [3.8, 4) is 0 Å². The van der Waals surface area contributed by atoms with Crippen molar-refractivity contribution in [3.05, 3.63) is 58.5 Å². The highest BCUT2D eigenvalue weighted by Gasteiger charge is 2.17. The largest absolute Gasteiger partial charge is 0.375 e. The molecule has 0 aliphatic heterocycles. The molecule has 100 valence electrons. The number of H-pyrrole nitrogens is 1. The number of nitrogens with zero attached hydrogens (tertiary/aromatic N) is 3. The smallest absolute Gasteiger partial charge is 0.311 e. The summed E-state index contributed by atoms with van der Waals surface area (Å²) in [7, 11) is 0. The van der Waals surface area contributed by atoms with Gasteiger partial charge in [-0.15, -0.1) is 0 Å². The highest BCUT2D eigenvalue weighted by molar-refractivity contribution is 5.95. The zero-order valence-corrected chi connectivity index (χ0v) is 10.4. The quantitative estimate of drug-likeness (QED) is 0.560. The summed E-state index contributed by atoms with van der Waals surface area (Å²) in [6, 6.07) is 7.31. The molecule has 0 saturated heterocycles. The molecule has 2 heterocycles.